The largest absolute Gasteiger partial charge is 0.492 e. The molecular formula is C23H23N5O3. The van der Waals surface area contributed by atoms with E-state index in [1.807, 2.05) is 62.4 Å². The van der Waals surface area contributed by atoms with Crippen molar-refractivity contribution in [1.82, 2.24) is 19.9 Å². The number of carbonyl (C=O) groups excluding carboxylic acids is 1. The van der Waals surface area contributed by atoms with Gasteiger partial charge in [-0.2, -0.15) is 10.1 Å². The van der Waals surface area contributed by atoms with Crippen LogP contribution < -0.4 is 10.1 Å². The van der Waals surface area contributed by atoms with E-state index in [4.69, 9.17) is 9.26 Å². The van der Waals surface area contributed by atoms with Crippen molar-refractivity contribution in [2.45, 2.75) is 27.2 Å². The first-order valence-corrected chi connectivity index (χ1v) is 10.1. The van der Waals surface area contributed by atoms with Crippen LogP contribution in [0.1, 0.15) is 35.8 Å². The molecule has 0 atom stereocenters. The lowest BCUT2D eigenvalue weighted by atomic mass is 10.2. The van der Waals surface area contributed by atoms with Gasteiger partial charge in [-0.25, -0.2) is 4.68 Å². The van der Waals surface area contributed by atoms with Crippen LogP contribution in [0, 0.1) is 6.92 Å². The molecule has 4 aromatic rings. The third-order valence-corrected chi connectivity index (χ3v) is 4.74. The van der Waals surface area contributed by atoms with E-state index in [-0.39, 0.29) is 5.91 Å². The molecule has 0 radical (unpaired) electrons. The predicted octanol–water partition coefficient (Wildman–Crippen LogP) is 4.44. The van der Waals surface area contributed by atoms with Crippen LogP contribution in [-0.2, 0) is 6.42 Å². The number of nitrogens with zero attached hydrogens (tertiary/aromatic N) is 4. The Kier molecular flexibility index (Phi) is 5.79. The van der Waals surface area contributed by atoms with Crippen LogP contribution in [0.5, 0.6) is 5.75 Å². The number of benzene rings is 2. The maximum atomic E-state index is 12.9. The number of carbonyl (C=O) groups is 1. The highest BCUT2D eigenvalue weighted by Gasteiger charge is 2.16. The molecule has 0 aliphatic carbocycles. The molecule has 1 N–H and O–H groups in total. The Labute approximate surface area is 179 Å². The molecule has 2 aromatic carbocycles. The molecule has 0 aliphatic heterocycles. The van der Waals surface area contributed by atoms with Gasteiger partial charge in [-0.1, -0.05) is 24.2 Å². The highest BCUT2D eigenvalue weighted by Crippen LogP contribution is 2.25. The van der Waals surface area contributed by atoms with E-state index < -0.39 is 0 Å². The summed E-state index contributed by atoms with van der Waals surface area (Å²) in [5.41, 5.74) is 3.40. The minimum atomic E-state index is -0.244. The van der Waals surface area contributed by atoms with Gasteiger partial charge < -0.3 is 14.6 Å². The van der Waals surface area contributed by atoms with Gasteiger partial charge in [-0.15, -0.1) is 0 Å². The number of hydrogen-bond donors (Lipinski definition) is 1. The third-order valence-electron chi connectivity index (χ3n) is 4.74. The second kappa shape index (κ2) is 8.83. The molecular weight excluding hydrogens is 394 g/mol. The number of aromatic nitrogens is 4. The molecule has 0 saturated carbocycles. The van der Waals surface area contributed by atoms with Crippen molar-refractivity contribution in [2.24, 2.45) is 0 Å². The first-order valence-electron chi connectivity index (χ1n) is 10.1. The van der Waals surface area contributed by atoms with Gasteiger partial charge in [-0.05, 0) is 50.2 Å². The third kappa shape index (κ3) is 4.32. The summed E-state index contributed by atoms with van der Waals surface area (Å²) in [6.07, 6.45) is 2.41. The number of hydrogen-bond acceptors (Lipinski definition) is 6. The zero-order valence-electron chi connectivity index (χ0n) is 17.6. The summed E-state index contributed by atoms with van der Waals surface area (Å²) in [6, 6.07) is 14.9. The molecule has 2 heterocycles. The fourth-order valence-corrected chi connectivity index (χ4v) is 3.14. The van der Waals surface area contributed by atoms with E-state index in [2.05, 4.69) is 20.6 Å². The highest BCUT2D eigenvalue weighted by molar-refractivity contribution is 6.05. The van der Waals surface area contributed by atoms with E-state index in [0.717, 1.165) is 11.3 Å². The molecule has 158 valence electrons. The van der Waals surface area contributed by atoms with E-state index >= 15 is 0 Å². The number of para-hydroxylation sites is 2. The van der Waals surface area contributed by atoms with Crippen LogP contribution in [0.25, 0.3) is 17.1 Å². The fraction of sp³-hybridized carbons (Fsp3) is 0.217. The molecule has 8 heteroatoms. The second-order valence-electron chi connectivity index (χ2n) is 6.87. The number of nitrogens with one attached hydrogen (secondary N) is 1. The molecule has 8 nitrogen and oxygen atoms in total. The van der Waals surface area contributed by atoms with Crippen LogP contribution in [0.2, 0.25) is 0 Å². The van der Waals surface area contributed by atoms with Crippen LogP contribution >= 0.6 is 0 Å². The van der Waals surface area contributed by atoms with E-state index in [0.29, 0.717) is 47.4 Å². The summed E-state index contributed by atoms with van der Waals surface area (Å²) in [6.45, 7) is 6.19. The molecule has 0 unspecified atom stereocenters. The summed E-state index contributed by atoms with van der Waals surface area (Å²) in [7, 11) is 0. The Balaban J connectivity index is 1.54. The molecule has 0 spiro atoms. The summed E-state index contributed by atoms with van der Waals surface area (Å²) in [4.78, 5) is 17.2. The first-order chi connectivity index (χ1) is 15.1. The summed E-state index contributed by atoms with van der Waals surface area (Å²) < 4.78 is 12.4. The topological polar surface area (TPSA) is 95.1 Å². The Morgan fingerprint density at radius 2 is 1.90 bits per heavy atom. The van der Waals surface area contributed by atoms with Crippen molar-refractivity contribution in [3.63, 3.8) is 0 Å². The number of rotatable bonds is 7. The average Bonchev–Trinajstić information content (AvgIpc) is 3.42. The number of amides is 1. The standard InChI is InChI=1S/C23H23N5O3/c1-4-21-25-22(27-31-21)16-10-12-17(13-11-16)28-14-18(15(3)26-28)23(29)24-19-8-6-7-9-20(19)30-5-2/h6-14H,4-5H2,1-3H3,(H,24,29). The maximum absolute atomic E-state index is 12.9. The van der Waals surface area contributed by atoms with Crippen molar-refractivity contribution >= 4 is 11.6 Å². The molecule has 2 aromatic heterocycles. The normalized spacial score (nSPS) is 10.8. The molecule has 0 aliphatic rings. The monoisotopic (exact) mass is 417 g/mol. The summed E-state index contributed by atoms with van der Waals surface area (Å²) in [5, 5.41) is 11.4. The Hall–Kier alpha value is -3.94. The lowest BCUT2D eigenvalue weighted by molar-refractivity contribution is 0.102. The Morgan fingerprint density at radius 3 is 2.61 bits per heavy atom. The van der Waals surface area contributed by atoms with Crippen molar-refractivity contribution in [2.75, 3.05) is 11.9 Å². The van der Waals surface area contributed by atoms with Crippen molar-refractivity contribution in [1.29, 1.82) is 0 Å². The minimum absolute atomic E-state index is 0.244. The van der Waals surface area contributed by atoms with E-state index in [1.165, 1.54) is 0 Å². The first kappa shape index (κ1) is 20.3. The van der Waals surface area contributed by atoms with Crippen LogP contribution in [-0.4, -0.2) is 32.4 Å². The molecule has 1 amide bonds. The summed E-state index contributed by atoms with van der Waals surface area (Å²) in [5.74, 6) is 1.54. The molecule has 4 rings (SSSR count). The fourth-order valence-electron chi connectivity index (χ4n) is 3.14. The van der Waals surface area contributed by atoms with Crippen molar-refractivity contribution in [3.05, 3.63) is 71.9 Å². The van der Waals surface area contributed by atoms with E-state index in [9.17, 15) is 4.79 Å². The number of anilines is 1. The highest BCUT2D eigenvalue weighted by atomic mass is 16.5. The SMILES string of the molecule is CCOc1ccccc1NC(=O)c1cn(-c2ccc(-c3noc(CC)n3)cc2)nc1C. The van der Waals surface area contributed by atoms with Gasteiger partial charge in [0.05, 0.1) is 29.2 Å². The molecule has 0 saturated heterocycles. The smallest absolute Gasteiger partial charge is 0.259 e. The lowest BCUT2D eigenvalue weighted by Crippen LogP contribution is -2.13. The Morgan fingerprint density at radius 1 is 1.13 bits per heavy atom. The van der Waals surface area contributed by atoms with Crippen LogP contribution in [0.4, 0.5) is 5.69 Å². The quantitative estimate of drug-likeness (QED) is 0.477. The van der Waals surface area contributed by atoms with Gasteiger partial charge in [0, 0.05) is 18.2 Å². The second-order valence-corrected chi connectivity index (χ2v) is 6.87. The van der Waals surface area contributed by atoms with Crippen LogP contribution in [0.3, 0.4) is 0 Å². The van der Waals surface area contributed by atoms with Gasteiger partial charge >= 0.3 is 0 Å². The number of aryl methyl sites for hydroxylation is 2. The zero-order valence-corrected chi connectivity index (χ0v) is 17.6. The molecule has 0 bridgehead atoms. The molecule has 0 fully saturated rings. The van der Waals surface area contributed by atoms with E-state index in [1.54, 1.807) is 17.8 Å². The van der Waals surface area contributed by atoms with Gasteiger partial charge in [-0.3, -0.25) is 4.79 Å². The predicted molar refractivity (Wildman–Crippen MR) is 117 cm³/mol. The number of ether oxygens (including phenoxy) is 1. The van der Waals surface area contributed by atoms with Crippen LogP contribution in [0.15, 0.2) is 59.3 Å². The van der Waals surface area contributed by atoms with Gasteiger partial charge in [0.2, 0.25) is 11.7 Å². The van der Waals surface area contributed by atoms with Gasteiger partial charge in [0.25, 0.3) is 5.91 Å². The van der Waals surface area contributed by atoms with Crippen molar-refractivity contribution in [3.8, 4) is 22.8 Å². The average molecular weight is 417 g/mol. The lowest BCUT2D eigenvalue weighted by Gasteiger charge is -2.10. The zero-order chi connectivity index (χ0) is 21.8. The Bertz CT molecular complexity index is 1190. The van der Waals surface area contributed by atoms with Gasteiger partial charge in [0.1, 0.15) is 5.75 Å². The molecule has 31 heavy (non-hydrogen) atoms. The van der Waals surface area contributed by atoms with Gasteiger partial charge in [0.15, 0.2) is 0 Å². The maximum Gasteiger partial charge on any atom is 0.259 e. The minimum Gasteiger partial charge on any atom is -0.492 e. The summed E-state index contributed by atoms with van der Waals surface area (Å²) >= 11 is 0. The van der Waals surface area contributed by atoms with Crippen molar-refractivity contribution < 1.29 is 14.1 Å².